The number of aryl methyl sites for hydroxylation is 1. The maximum Gasteiger partial charge on any atom is 0.0972 e. The van der Waals surface area contributed by atoms with Crippen LogP contribution < -0.4 is 0 Å². The van der Waals surface area contributed by atoms with Gasteiger partial charge in [-0.15, -0.1) is 0 Å². The molecule has 0 saturated carbocycles. The normalized spacial score (nSPS) is 11.1. The van der Waals surface area contributed by atoms with Crippen molar-refractivity contribution >= 4 is 21.8 Å². The number of nitrogens with zero attached hydrogens (tertiary/aromatic N) is 2. The van der Waals surface area contributed by atoms with Crippen molar-refractivity contribution in [3.05, 3.63) is 96.7 Å². The van der Waals surface area contributed by atoms with Gasteiger partial charge in [-0.2, -0.15) is 0 Å². The number of aromatic nitrogens is 2. The second-order valence-electron chi connectivity index (χ2n) is 6.80. The summed E-state index contributed by atoms with van der Waals surface area (Å²) in [6, 6.07) is 29.5. The van der Waals surface area contributed by atoms with Crippen LogP contribution in [0.1, 0.15) is 5.56 Å². The van der Waals surface area contributed by atoms with Gasteiger partial charge in [-0.05, 0) is 41.8 Å². The van der Waals surface area contributed by atoms with E-state index in [9.17, 15) is 0 Å². The minimum atomic E-state index is 0.957. The molecule has 0 fully saturated rings. The molecule has 0 saturated heterocycles. The molecule has 2 nitrogen and oxygen atoms in total. The molecule has 128 valence electrons. The Morgan fingerprint density at radius 3 is 2.30 bits per heavy atom. The molecule has 0 unspecified atom stereocenters. The Hall–Kier alpha value is -3.52. The lowest BCUT2D eigenvalue weighted by Crippen LogP contribution is -1.90. The van der Waals surface area contributed by atoms with Crippen LogP contribution in [0.3, 0.4) is 0 Å². The van der Waals surface area contributed by atoms with Crippen LogP contribution in [-0.2, 0) is 0 Å². The van der Waals surface area contributed by atoms with Crippen LogP contribution in [0.15, 0.2) is 91.1 Å². The Balaban J connectivity index is 1.70. The average Bonchev–Trinajstić information content (AvgIpc) is 2.74. The molecule has 3 aromatic carbocycles. The van der Waals surface area contributed by atoms with E-state index in [2.05, 4.69) is 84.7 Å². The van der Waals surface area contributed by atoms with Crippen molar-refractivity contribution < 1.29 is 0 Å². The number of hydrogen-bond donors (Lipinski definition) is 0. The van der Waals surface area contributed by atoms with E-state index in [4.69, 9.17) is 4.98 Å². The smallest absolute Gasteiger partial charge is 0.0972 e. The lowest BCUT2D eigenvalue weighted by Gasteiger charge is -2.09. The van der Waals surface area contributed by atoms with E-state index in [-0.39, 0.29) is 0 Å². The van der Waals surface area contributed by atoms with Gasteiger partial charge < -0.3 is 0 Å². The predicted octanol–water partition coefficient (Wildman–Crippen LogP) is 6.43. The summed E-state index contributed by atoms with van der Waals surface area (Å²) in [5.41, 5.74) is 7.64. The van der Waals surface area contributed by atoms with Gasteiger partial charge in [-0.3, -0.25) is 4.98 Å². The summed E-state index contributed by atoms with van der Waals surface area (Å²) in [6.07, 6.45) is 1.86. The van der Waals surface area contributed by atoms with E-state index >= 15 is 0 Å². The number of benzene rings is 3. The SMILES string of the molecule is Cc1ccnc2c1ccc1ccc(-c3cccc(-c4ccccc4)c3)nc12. The van der Waals surface area contributed by atoms with Gasteiger partial charge in [0.25, 0.3) is 0 Å². The number of hydrogen-bond acceptors (Lipinski definition) is 2. The summed E-state index contributed by atoms with van der Waals surface area (Å²) >= 11 is 0. The minimum absolute atomic E-state index is 0.957. The van der Waals surface area contributed by atoms with Crippen LogP contribution in [0, 0.1) is 6.92 Å². The van der Waals surface area contributed by atoms with Gasteiger partial charge in [0.2, 0.25) is 0 Å². The summed E-state index contributed by atoms with van der Waals surface area (Å²) in [4.78, 5) is 9.59. The molecule has 0 aliphatic carbocycles. The van der Waals surface area contributed by atoms with Crippen LogP contribution in [-0.4, -0.2) is 9.97 Å². The number of pyridine rings is 2. The molecule has 0 N–H and O–H groups in total. The highest BCUT2D eigenvalue weighted by Gasteiger charge is 2.08. The van der Waals surface area contributed by atoms with Crippen LogP contribution >= 0.6 is 0 Å². The molecular formula is C25H18N2. The zero-order valence-electron chi connectivity index (χ0n) is 15.1. The fraction of sp³-hybridized carbons (Fsp3) is 0.0400. The summed E-state index contributed by atoms with van der Waals surface area (Å²) in [7, 11) is 0. The molecule has 0 radical (unpaired) electrons. The fourth-order valence-electron chi connectivity index (χ4n) is 3.59. The van der Waals surface area contributed by atoms with Gasteiger partial charge in [0.15, 0.2) is 0 Å². The van der Waals surface area contributed by atoms with E-state index in [0.29, 0.717) is 0 Å². The first kappa shape index (κ1) is 15.7. The molecule has 0 aliphatic rings. The monoisotopic (exact) mass is 346 g/mol. The van der Waals surface area contributed by atoms with Crippen molar-refractivity contribution in [2.24, 2.45) is 0 Å². The Morgan fingerprint density at radius 2 is 1.41 bits per heavy atom. The van der Waals surface area contributed by atoms with E-state index in [1.807, 2.05) is 18.3 Å². The van der Waals surface area contributed by atoms with Gasteiger partial charge >= 0.3 is 0 Å². The molecule has 27 heavy (non-hydrogen) atoms. The molecule has 0 bridgehead atoms. The largest absolute Gasteiger partial charge is 0.254 e. The molecule has 0 aliphatic heterocycles. The van der Waals surface area contributed by atoms with Crippen molar-refractivity contribution in [1.29, 1.82) is 0 Å². The Labute approximate surface area is 158 Å². The lowest BCUT2D eigenvalue weighted by atomic mass is 10.0. The number of fused-ring (bicyclic) bond motifs is 3. The second kappa shape index (κ2) is 6.33. The fourth-order valence-corrected chi connectivity index (χ4v) is 3.59. The van der Waals surface area contributed by atoms with E-state index in [0.717, 1.165) is 33.1 Å². The topological polar surface area (TPSA) is 25.8 Å². The molecule has 2 heterocycles. The highest BCUT2D eigenvalue weighted by Crippen LogP contribution is 2.29. The van der Waals surface area contributed by atoms with Crippen molar-refractivity contribution in [1.82, 2.24) is 9.97 Å². The second-order valence-corrected chi connectivity index (χ2v) is 6.80. The van der Waals surface area contributed by atoms with E-state index < -0.39 is 0 Å². The molecule has 0 amide bonds. The Morgan fingerprint density at radius 1 is 0.630 bits per heavy atom. The van der Waals surface area contributed by atoms with Crippen LogP contribution in [0.4, 0.5) is 0 Å². The zero-order valence-corrected chi connectivity index (χ0v) is 15.1. The third kappa shape index (κ3) is 2.76. The maximum absolute atomic E-state index is 4.99. The molecule has 5 rings (SSSR count). The Bertz CT molecular complexity index is 1270. The highest BCUT2D eigenvalue weighted by molar-refractivity contribution is 6.04. The Kier molecular flexibility index (Phi) is 3.68. The standard InChI is InChI=1S/C25H18N2/c1-17-14-15-26-25-22(17)12-10-19-11-13-23(27-24(19)25)21-9-5-8-20(16-21)18-6-3-2-4-7-18/h2-16H,1H3. The highest BCUT2D eigenvalue weighted by atomic mass is 14.8. The van der Waals surface area contributed by atoms with Gasteiger partial charge in [-0.1, -0.05) is 66.7 Å². The molecule has 5 aromatic rings. The maximum atomic E-state index is 4.99. The van der Waals surface area contributed by atoms with Gasteiger partial charge in [0.05, 0.1) is 16.7 Å². The van der Waals surface area contributed by atoms with Gasteiger partial charge in [0.1, 0.15) is 0 Å². The quantitative estimate of drug-likeness (QED) is 0.344. The van der Waals surface area contributed by atoms with Crippen LogP contribution in [0.25, 0.3) is 44.2 Å². The van der Waals surface area contributed by atoms with Crippen molar-refractivity contribution in [2.45, 2.75) is 6.92 Å². The van der Waals surface area contributed by atoms with Gasteiger partial charge in [0, 0.05) is 22.5 Å². The average molecular weight is 346 g/mol. The van der Waals surface area contributed by atoms with E-state index in [1.165, 1.54) is 16.7 Å². The summed E-state index contributed by atoms with van der Waals surface area (Å²) in [5, 5.41) is 2.27. The lowest BCUT2D eigenvalue weighted by molar-refractivity contribution is 1.35. The molecule has 0 atom stereocenters. The van der Waals surface area contributed by atoms with Crippen LogP contribution in [0.5, 0.6) is 0 Å². The van der Waals surface area contributed by atoms with Crippen molar-refractivity contribution in [2.75, 3.05) is 0 Å². The molecule has 2 heteroatoms. The summed E-state index contributed by atoms with van der Waals surface area (Å²) < 4.78 is 0. The van der Waals surface area contributed by atoms with Crippen molar-refractivity contribution in [3.63, 3.8) is 0 Å². The molecule has 2 aromatic heterocycles. The third-order valence-corrected chi connectivity index (χ3v) is 5.05. The molecular weight excluding hydrogens is 328 g/mol. The summed E-state index contributed by atoms with van der Waals surface area (Å²) in [5.74, 6) is 0. The third-order valence-electron chi connectivity index (χ3n) is 5.05. The van der Waals surface area contributed by atoms with Gasteiger partial charge in [-0.25, -0.2) is 4.98 Å². The zero-order chi connectivity index (χ0) is 18.2. The number of rotatable bonds is 2. The first-order chi connectivity index (χ1) is 13.3. The summed E-state index contributed by atoms with van der Waals surface area (Å²) in [6.45, 7) is 2.11. The van der Waals surface area contributed by atoms with Crippen molar-refractivity contribution in [3.8, 4) is 22.4 Å². The molecule has 0 spiro atoms. The predicted molar refractivity (Wildman–Crippen MR) is 113 cm³/mol. The first-order valence-electron chi connectivity index (χ1n) is 9.10. The van der Waals surface area contributed by atoms with E-state index in [1.54, 1.807) is 0 Å². The first-order valence-corrected chi connectivity index (χ1v) is 9.10. The minimum Gasteiger partial charge on any atom is -0.254 e. The van der Waals surface area contributed by atoms with Crippen LogP contribution in [0.2, 0.25) is 0 Å².